The van der Waals surface area contributed by atoms with Gasteiger partial charge < -0.3 is 15.2 Å². The fourth-order valence-corrected chi connectivity index (χ4v) is 4.06. The van der Waals surface area contributed by atoms with E-state index in [0.717, 1.165) is 25.8 Å². The molecule has 2 N–H and O–H groups in total. The molecule has 3 aromatic carbocycles. The first-order chi connectivity index (χ1) is 14.0. The molecular weight excluding hydrogens is 481 g/mol. The Morgan fingerprint density at radius 1 is 0.931 bits per heavy atom. The molecule has 3 aromatic rings. The maximum atomic E-state index is 12.4. The summed E-state index contributed by atoms with van der Waals surface area (Å²) in [6.07, 6.45) is -0.752. The summed E-state index contributed by atoms with van der Waals surface area (Å²) in [6, 6.07) is 21.9. The SMILES string of the molecule is O=C(N[C@H](C(=O)O)c1ccc(I)cc1)OCC1c2ccccc2-c2ccccc21. The van der Waals surface area contributed by atoms with E-state index in [1.165, 1.54) is 0 Å². The molecule has 0 fully saturated rings. The van der Waals surface area contributed by atoms with Crippen LogP contribution in [0.1, 0.15) is 28.7 Å². The largest absolute Gasteiger partial charge is 0.479 e. The summed E-state index contributed by atoms with van der Waals surface area (Å²) in [6.45, 7) is 0.138. The molecule has 0 heterocycles. The van der Waals surface area contributed by atoms with Crippen LogP contribution in [0.2, 0.25) is 0 Å². The van der Waals surface area contributed by atoms with Crippen molar-refractivity contribution in [1.29, 1.82) is 0 Å². The van der Waals surface area contributed by atoms with Crippen LogP contribution in [0.4, 0.5) is 4.79 Å². The lowest BCUT2D eigenvalue weighted by atomic mass is 9.98. The second-order valence-corrected chi connectivity index (χ2v) is 8.04. The van der Waals surface area contributed by atoms with Crippen LogP contribution in [-0.4, -0.2) is 23.8 Å². The van der Waals surface area contributed by atoms with Crippen LogP contribution in [0.25, 0.3) is 11.1 Å². The van der Waals surface area contributed by atoms with Gasteiger partial charge in [0, 0.05) is 9.49 Å². The Morgan fingerprint density at radius 2 is 1.48 bits per heavy atom. The first kappa shape index (κ1) is 19.4. The molecule has 0 radical (unpaired) electrons. The smallest absolute Gasteiger partial charge is 0.408 e. The van der Waals surface area contributed by atoms with E-state index in [-0.39, 0.29) is 12.5 Å². The molecule has 1 aliphatic rings. The van der Waals surface area contributed by atoms with Crippen molar-refractivity contribution in [2.45, 2.75) is 12.0 Å². The number of fused-ring (bicyclic) bond motifs is 3. The van der Waals surface area contributed by atoms with Gasteiger partial charge in [-0.1, -0.05) is 60.7 Å². The highest BCUT2D eigenvalue weighted by Gasteiger charge is 2.30. The number of carbonyl (C=O) groups excluding carboxylic acids is 1. The normalized spacial score (nSPS) is 13.3. The summed E-state index contributed by atoms with van der Waals surface area (Å²) in [5.74, 6) is -1.21. The number of carboxylic acids is 1. The zero-order valence-electron chi connectivity index (χ0n) is 15.3. The number of ether oxygens (including phenoxy) is 1. The highest BCUT2D eigenvalue weighted by Crippen LogP contribution is 2.44. The number of benzene rings is 3. The molecule has 1 amide bonds. The Labute approximate surface area is 181 Å². The topological polar surface area (TPSA) is 75.6 Å². The van der Waals surface area contributed by atoms with Crippen molar-refractivity contribution < 1.29 is 19.4 Å². The number of halogens is 1. The van der Waals surface area contributed by atoms with E-state index in [9.17, 15) is 14.7 Å². The number of carboxylic acid groups (broad SMARTS) is 1. The fourth-order valence-electron chi connectivity index (χ4n) is 3.70. The van der Waals surface area contributed by atoms with Gasteiger partial charge in [-0.15, -0.1) is 0 Å². The third-order valence-electron chi connectivity index (χ3n) is 5.06. The zero-order valence-corrected chi connectivity index (χ0v) is 17.5. The van der Waals surface area contributed by atoms with Gasteiger partial charge in [0.05, 0.1) is 0 Å². The van der Waals surface area contributed by atoms with E-state index >= 15 is 0 Å². The minimum absolute atomic E-state index is 0.0743. The average Bonchev–Trinajstić information content (AvgIpc) is 3.05. The Bertz CT molecular complexity index is 1020. The summed E-state index contributed by atoms with van der Waals surface area (Å²) in [4.78, 5) is 24.0. The zero-order chi connectivity index (χ0) is 20.4. The van der Waals surface area contributed by atoms with Crippen molar-refractivity contribution in [3.63, 3.8) is 0 Å². The molecule has 0 aliphatic heterocycles. The standard InChI is InChI=1S/C23H18INO4/c24-15-11-9-14(10-12-15)21(22(26)27)25-23(28)29-13-20-18-7-3-1-5-16(18)17-6-2-4-8-19(17)20/h1-12,20-21H,13H2,(H,25,28)(H,26,27)/t21-/m0/s1. The van der Waals surface area contributed by atoms with E-state index in [2.05, 4.69) is 40.0 Å². The van der Waals surface area contributed by atoms with Crippen molar-refractivity contribution in [2.75, 3.05) is 6.61 Å². The number of amides is 1. The molecule has 0 bridgehead atoms. The van der Waals surface area contributed by atoms with Crippen LogP contribution in [0.5, 0.6) is 0 Å². The predicted octanol–water partition coefficient (Wildman–Crippen LogP) is 4.96. The second-order valence-electron chi connectivity index (χ2n) is 6.79. The van der Waals surface area contributed by atoms with Crippen LogP contribution in [-0.2, 0) is 9.53 Å². The first-order valence-electron chi connectivity index (χ1n) is 9.14. The van der Waals surface area contributed by atoms with Crippen molar-refractivity contribution in [3.8, 4) is 11.1 Å². The quantitative estimate of drug-likeness (QED) is 0.487. The van der Waals surface area contributed by atoms with E-state index < -0.39 is 18.1 Å². The van der Waals surface area contributed by atoms with Gasteiger partial charge in [0.25, 0.3) is 0 Å². The molecule has 1 atom stereocenters. The summed E-state index contributed by atoms with van der Waals surface area (Å²) >= 11 is 2.14. The van der Waals surface area contributed by atoms with Crippen LogP contribution in [0, 0.1) is 3.57 Å². The lowest BCUT2D eigenvalue weighted by Crippen LogP contribution is -2.34. The molecule has 5 nitrogen and oxygen atoms in total. The molecular formula is C23H18INO4. The van der Waals surface area contributed by atoms with Crippen LogP contribution >= 0.6 is 22.6 Å². The third-order valence-corrected chi connectivity index (χ3v) is 5.78. The highest BCUT2D eigenvalue weighted by molar-refractivity contribution is 14.1. The van der Waals surface area contributed by atoms with Crippen LogP contribution in [0.15, 0.2) is 72.8 Å². The minimum atomic E-state index is -1.16. The van der Waals surface area contributed by atoms with E-state index in [4.69, 9.17) is 4.74 Å². The van der Waals surface area contributed by atoms with Gasteiger partial charge >= 0.3 is 12.1 Å². The lowest BCUT2D eigenvalue weighted by molar-refractivity contribution is -0.139. The maximum Gasteiger partial charge on any atom is 0.408 e. The summed E-state index contributed by atoms with van der Waals surface area (Å²) < 4.78 is 6.43. The molecule has 6 heteroatoms. The summed E-state index contributed by atoms with van der Waals surface area (Å²) in [5, 5.41) is 12.0. The fraction of sp³-hybridized carbons (Fsp3) is 0.130. The van der Waals surface area contributed by atoms with Crippen molar-refractivity contribution in [1.82, 2.24) is 5.32 Å². The van der Waals surface area contributed by atoms with Gasteiger partial charge in [-0.05, 0) is 62.5 Å². The summed E-state index contributed by atoms with van der Waals surface area (Å²) in [5.41, 5.74) is 4.98. The molecule has 1 aliphatic carbocycles. The molecule has 0 saturated heterocycles. The van der Waals surface area contributed by atoms with Crippen molar-refractivity contribution >= 4 is 34.7 Å². The molecule has 0 aromatic heterocycles. The number of rotatable bonds is 5. The van der Waals surface area contributed by atoms with Gasteiger partial charge in [-0.2, -0.15) is 0 Å². The van der Waals surface area contributed by atoms with Gasteiger partial charge in [0.2, 0.25) is 0 Å². The van der Waals surface area contributed by atoms with E-state index in [1.807, 2.05) is 36.4 Å². The highest BCUT2D eigenvalue weighted by atomic mass is 127. The molecule has 0 spiro atoms. The van der Waals surface area contributed by atoms with Crippen LogP contribution in [0.3, 0.4) is 0 Å². The number of aliphatic carboxylic acids is 1. The monoisotopic (exact) mass is 499 g/mol. The molecule has 29 heavy (non-hydrogen) atoms. The number of hydrogen-bond acceptors (Lipinski definition) is 3. The third kappa shape index (κ3) is 3.98. The average molecular weight is 499 g/mol. The molecule has 0 unspecified atom stereocenters. The predicted molar refractivity (Wildman–Crippen MR) is 118 cm³/mol. The number of hydrogen-bond donors (Lipinski definition) is 2. The Balaban J connectivity index is 1.48. The number of alkyl carbamates (subject to hydrolysis) is 1. The van der Waals surface area contributed by atoms with Gasteiger partial charge in [-0.25, -0.2) is 9.59 Å². The Kier molecular flexibility index (Phi) is 5.53. The molecule has 4 rings (SSSR count). The van der Waals surface area contributed by atoms with E-state index in [0.29, 0.717) is 5.56 Å². The Morgan fingerprint density at radius 3 is 2.03 bits per heavy atom. The lowest BCUT2D eigenvalue weighted by Gasteiger charge is -2.17. The second kappa shape index (κ2) is 8.24. The Hall–Kier alpha value is -2.87. The van der Waals surface area contributed by atoms with Gasteiger partial charge in [0.15, 0.2) is 6.04 Å². The molecule has 0 saturated carbocycles. The maximum absolute atomic E-state index is 12.4. The number of carbonyl (C=O) groups is 2. The summed E-state index contributed by atoms with van der Waals surface area (Å²) in [7, 11) is 0. The van der Waals surface area contributed by atoms with Crippen molar-refractivity contribution in [3.05, 3.63) is 93.1 Å². The van der Waals surface area contributed by atoms with Gasteiger partial charge in [-0.3, -0.25) is 0 Å². The first-order valence-corrected chi connectivity index (χ1v) is 10.2. The number of nitrogens with one attached hydrogen (secondary N) is 1. The van der Waals surface area contributed by atoms with E-state index in [1.54, 1.807) is 24.3 Å². The minimum Gasteiger partial charge on any atom is -0.479 e. The molecule has 146 valence electrons. The van der Waals surface area contributed by atoms with Gasteiger partial charge in [0.1, 0.15) is 6.61 Å². The van der Waals surface area contributed by atoms with Crippen LogP contribution < -0.4 is 5.32 Å². The van der Waals surface area contributed by atoms with Crippen molar-refractivity contribution in [2.24, 2.45) is 0 Å².